The smallest absolute Gasteiger partial charge is 0.338 e. The number of aliphatic hydroxyl groups is 4. The average molecular weight is 736 g/mol. The molecule has 3 fully saturated rings. The van der Waals surface area contributed by atoms with Crippen molar-refractivity contribution in [1.82, 2.24) is 5.32 Å². The molecule has 1 heterocycles. The monoisotopic (exact) mass is 735 g/mol. The molecule has 284 valence electrons. The average Bonchev–Trinajstić information content (AvgIpc) is 3.12. The summed E-state index contributed by atoms with van der Waals surface area (Å²) in [7, 11) is 0. The molecule has 14 heteroatoms. The van der Waals surface area contributed by atoms with E-state index in [1.165, 1.54) is 26.0 Å². The van der Waals surface area contributed by atoms with Crippen LogP contribution in [0.3, 0.4) is 0 Å². The predicted octanol–water partition coefficient (Wildman–Crippen LogP) is 1.48. The first-order valence-electron chi connectivity index (χ1n) is 17.5. The molecule has 4 aliphatic rings. The summed E-state index contributed by atoms with van der Waals surface area (Å²) in [6, 6.07) is 14.8. The molecule has 1 saturated heterocycles. The topological polar surface area (TPSA) is 215 Å². The van der Waals surface area contributed by atoms with Gasteiger partial charge < -0.3 is 44.7 Å². The molecule has 1 amide bonds. The molecule has 1 aliphatic heterocycles. The van der Waals surface area contributed by atoms with Gasteiger partial charge in [0.05, 0.1) is 35.6 Å². The minimum Gasteiger partial charge on any atom is -0.456 e. The highest BCUT2D eigenvalue weighted by Crippen LogP contribution is 2.64. The van der Waals surface area contributed by atoms with Gasteiger partial charge in [-0.1, -0.05) is 62.4 Å². The van der Waals surface area contributed by atoms with Gasteiger partial charge in [-0.05, 0) is 42.7 Å². The van der Waals surface area contributed by atoms with Crippen molar-refractivity contribution in [2.75, 3.05) is 6.61 Å². The number of carbonyl (C=O) groups excluding carboxylic acids is 5. The second-order valence-corrected chi connectivity index (χ2v) is 15.2. The fourth-order valence-electron chi connectivity index (χ4n) is 9.22. The van der Waals surface area contributed by atoms with E-state index in [2.05, 4.69) is 5.32 Å². The number of carbonyl (C=O) groups is 5. The molecular formula is C39H45NO13. The molecule has 0 radical (unpaired) electrons. The van der Waals surface area contributed by atoms with E-state index in [1.807, 2.05) is 0 Å². The molecule has 53 heavy (non-hydrogen) atoms. The molecule has 2 aromatic carbocycles. The van der Waals surface area contributed by atoms with Crippen LogP contribution in [-0.4, -0.2) is 105 Å². The maximum atomic E-state index is 14.8. The van der Waals surface area contributed by atoms with Crippen LogP contribution in [0.1, 0.15) is 69.4 Å². The van der Waals surface area contributed by atoms with Crippen molar-refractivity contribution in [3.8, 4) is 0 Å². The second-order valence-electron chi connectivity index (χ2n) is 15.2. The van der Waals surface area contributed by atoms with Gasteiger partial charge in [-0.2, -0.15) is 0 Å². The first-order valence-corrected chi connectivity index (χ1v) is 17.5. The second kappa shape index (κ2) is 13.7. The molecule has 5 N–H and O–H groups in total. The number of benzene rings is 2. The Kier molecular flexibility index (Phi) is 9.92. The minimum absolute atomic E-state index is 0.0460. The van der Waals surface area contributed by atoms with Crippen LogP contribution in [-0.2, 0) is 38.1 Å². The van der Waals surface area contributed by atoms with Crippen LogP contribution in [0.15, 0.2) is 71.8 Å². The number of esters is 3. The van der Waals surface area contributed by atoms with Gasteiger partial charge in [0.2, 0.25) is 6.41 Å². The molecule has 14 nitrogen and oxygen atoms in total. The number of Topliss-reactive ketones (excluding diaryl/α,β-unsaturated/α-hetero) is 1. The van der Waals surface area contributed by atoms with Gasteiger partial charge in [0.15, 0.2) is 17.5 Å². The largest absolute Gasteiger partial charge is 0.456 e. The summed E-state index contributed by atoms with van der Waals surface area (Å²) >= 11 is 0. The normalized spacial score (nSPS) is 35.5. The Morgan fingerprint density at radius 2 is 1.62 bits per heavy atom. The maximum Gasteiger partial charge on any atom is 0.338 e. The van der Waals surface area contributed by atoms with Gasteiger partial charge in [-0.15, -0.1) is 0 Å². The Hall–Kier alpha value is -4.47. The number of hydrogen-bond donors (Lipinski definition) is 5. The molecule has 2 bridgehead atoms. The van der Waals surface area contributed by atoms with Gasteiger partial charge in [0.1, 0.15) is 30.0 Å². The third kappa shape index (κ3) is 5.87. The Bertz CT molecular complexity index is 1810. The van der Waals surface area contributed by atoms with E-state index in [1.54, 1.807) is 62.4 Å². The van der Waals surface area contributed by atoms with E-state index in [-0.39, 0.29) is 29.7 Å². The van der Waals surface area contributed by atoms with Crippen molar-refractivity contribution in [3.05, 3.63) is 82.9 Å². The summed E-state index contributed by atoms with van der Waals surface area (Å²) in [5.74, 6) is -5.27. The van der Waals surface area contributed by atoms with E-state index in [9.17, 15) is 44.4 Å². The third-order valence-electron chi connectivity index (χ3n) is 12.1. The third-order valence-corrected chi connectivity index (χ3v) is 12.1. The highest BCUT2D eigenvalue weighted by atomic mass is 16.6. The molecule has 0 unspecified atom stereocenters. The number of rotatable bonds is 9. The lowest BCUT2D eigenvalue weighted by Gasteiger charge is -2.67. The van der Waals surface area contributed by atoms with E-state index in [0.717, 1.165) is 6.92 Å². The Morgan fingerprint density at radius 3 is 2.19 bits per heavy atom. The van der Waals surface area contributed by atoms with Crippen LogP contribution in [0.4, 0.5) is 0 Å². The zero-order valence-electron chi connectivity index (χ0n) is 30.1. The highest BCUT2D eigenvalue weighted by Gasteiger charge is 2.78. The lowest BCUT2D eigenvalue weighted by atomic mass is 9.44. The molecule has 11 atom stereocenters. The molecule has 0 aromatic heterocycles. The lowest BCUT2D eigenvalue weighted by molar-refractivity contribution is -0.346. The first-order chi connectivity index (χ1) is 25.0. The maximum absolute atomic E-state index is 14.8. The number of amides is 1. The van der Waals surface area contributed by atoms with Crippen molar-refractivity contribution in [1.29, 1.82) is 0 Å². The number of fused-ring (bicyclic) bond motifs is 5. The first kappa shape index (κ1) is 38.3. The predicted molar refractivity (Wildman–Crippen MR) is 183 cm³/mol. The van der Waals surface area contributed by atoms with Crippen molar-refractivity contribution < 1.29 is 63.3 Å². The van der Waals surface area contributed by atoms with Crippen molar-refractivity contribution in [2.24, 2.45) is 16.7 Å². The van der Waals surface area contributed by atoms with Crippen LogP contribution in [0.25, 0.3) is 0 Å². The fraction of sp³-hybridized carbons (Fsp3) is 0.513. The Labute approximate surface area is 306 Å². The van der Waals surface area contributed by atoms with Gasteiger partial charge in [0, 0.05) is 25.2 Å². The summed E-state index contributed by atoms with van der Waals surface area (Å²) in [6.07, 6.45) is -9.96. The number of nitrogens with one attached hydrogen (secondary N) is 1. The highest BCUT2D eigenvalue weighted by molar-refractivity contribution is 5.94. The van der Waals surface area contributed by atoms with Crippen molar-refractivity contribution >= 4 is 30.1 Å². The van der Waals surface area contributed by atoms with E-state index < -0.39 is 101 Å². The Balaban J connectivity index is 1.52. The lowest BCUT2D eigenvalue weighted by Crippen LogP contribution is -2.81. The van der Waals surface area contributed by atoms with Gasteiger partial charge in [0.25, 0.3) is 0 Å². The van der Waals surface area contributed by atoms with Gasteiger partial charge >= 0.3 is 17.9 Å². The molecule has 3 aliphatic carbocycles. The summed E-state index contributed by atoms with van der Waals surface area (Å²) in [6.45, 7) is 6.88. The van der Waals surface area contributed by atoms with Crippen LogP contribution in [0.5, 0.6) is 0 Å². The van der Waals surface area contributed by atoms with Crippen LogP contribution < -0.4 is 5.32 Å². The minimum atomic E-state index is -2.32. The van der Waals surface area contributed by atoms with E-state index in [0.29, 0.717) is 12.0 Å². The molecule has 6 rings (SSSR count). The zero-order valence-corrected chi connectivity index (χ0v) is 30.1. The zero-order chi connectivity index (χ0) is 38.7. The van der Waals surface area contributed by atoms with Gasteiger partial charge in [-0.3, -0.25) is 14.4 Å². The Morgan fingerprint density at radius 1 is 1.00 bits per heavy atom. The summed E-state index contributed by atoms with van der Waals surface area (Å²) in [4.78, 5) is 66.8. The number of hydrogen-bond acceptors (Lipinski definition) is 13. The van der Waals surface area contributed by atoms with Crippen LogP contribution in [0.2, 0.25) is 0 Å². The van der Waals surface area contributed by atoms with Gasteiger partial charge in [-0.25, -0.2) is 9.59 Å². The van der Waals surface area contributed by atoms with Crippen LogP contribution >= 0.6 is 0 Å². The number of aliphatic hydroxyl groups excluding tert-OH is 3. The summed E-state index contributed by atoms with van der Waals surface area (Å²) in [5.41, 5.74) is -7.01. The van der Waals surface area contributed by atoms with Crippen molar-refractivity contribution in [2.45, 2.75) is 101 Å². The quantitative estimate of drug-likeness (QED) is 0.107. The van der Waals surface area contributed by atoms with E-state index in [4.69, 9.17) is 18.9 Å². The molecule has 0 spiro atoms. The summed E-state index contributed by atoms with van der Waals surface area (Å²) in [5, 5.41) is 50.8. The van der Waals surface area contributed by atoms with E-state index >= 15 is 0 Å². The number of ether oxygens (including phenoxy) is 4. The molecular weight excluding hydrogens is 690 g/mol. The number of ketones is 1. The fourth-order valence-corrected chi connectivity index (χ4v) is 9.22. The SMILES string of the molecule is CC(=O)O[C@@]12CO[C@@H]1C[C@H](O)[C@@]1(C)C(=O)[C@H](O)C3=C(C)[C@@H](OC(=O)[C@H](O)[C@@H](NC=O)c4ccccc4)C[C@@](O)([C@@H](OC(=O)c4ccccc4)[C@H]21)C3(C)C. The van der Waals surface area contributed by atoms with Crippen LogP contribution in [0, 0.1) is 16.7 Å². The van der Waals surface area contributed by atoms with Crippen molar-refractivity contribution in [3.63, 3.8) is 0 Å². The molecule has 2 aromatic rings. The molecule has 2 saturated carbocycles. The standard InChI is InChI=1S/C39H45NO13/c1-20-24(51-35(48)30(45)28(40-19-41)22-12-8-6-9-13-22)17-39(49)33(52-34(47)23-14-10-7-11-15-23)31-37(5,32(46)29(44)27(20)36(39,3)4)25(43)16-26-38(31,18-50-26)53-21(2)42/h6-15,19,24-26,28-31,33,43-45,49H,16-18H2,1-5H3,(H,40,41)/t24-,25-,26+,28-,29+,30+,31-,33-,37+,38-,39+/m0/s1. The summed E-state index contributed by atoms with van der Waals surface area (Å²) < 4.78 is 23.9.